The lowest BCUT2D eigenvalue weighted by atomic mass is 9.88. The summed E-state index contributed by atoms with van der Waals surface area (Å²) in [6, 6.07) is 55.6. The number of fused-ring (bicyclic) bond motifs is 6. The van der Waals surface area contributed by atoms with Crippen molar-refractivity contribution in [1.29, 1.82) is 0 Å². The van der Waals surface area contributed by atoms with Gasteiger partial charge in [-0.3, -0.25) is 0 Å². The van der Waals surface area contributed by atoms with Crippen LogP contribution in [0, 0.1) is 0 Å². The molecule has 0 N–H and O–H groups in total. The first-order valence-electron chi connectivity index (χ1n) is 16.6. The second-order valence-corrected chi connectivity index (χ2v) is 12.4. The highest BCUT2D eigenvalue weighted by atomic mass is 16.3. The van der Waals surface area contributed by atoms with Crippen LogP contribution in [0.15, 0.2) is 173 Å². The van der Waals surface area contributed by atoms with Crippen LogP contribution < -0.4 is 0 Å². The number of nitrogens with zero attached hydrogens (tertiary/aromatic N) is 3. The highest BCUT2D eigenvalue weighted by Gasteiger charge is 2.22. The summed E-state index contributed by atoms with van der Waals surface area (Å²) in [5.41, 5.74) is 10.2. The first kappa shape index (κ1) is 28.2. The average molecular weight is 642 g/mol. The number of para-hydroxylation sites is 2. The van der Waals surface area contributed by atoms with Crippen LogP contribution in [0.3, 0.4) is 0 Å². The summed E-state index contributed by atoms with van der Waals surface area (Å²) in [5, 5.41) is 4.30. The van der Waals surface area contributed by atoms with Crippen LogP contribution in [0.4, 0.5) is 0 Å². The number of hydrogen-bond donors (Lipinski definition) is 0. The van der Waals surface area contributed by atoms with E-state index in [0.717, 1.165) is 82.8 Å². The van der Waals surface area contributed by atoms with Crippen LogP contribution in [0.2, 0.25) is 0 Å². The third kappa shape index (κ3) is 4.60. The van der Waals surface area contributed by atoms with Crippen LogP contribution in [0.5, 0.6) is 0 Å². The van der Waals surface area contributed by atoms with Crippen molar-refractivity contribution in [2.45, 2.75) is 0 Å². The fourth-order valence-electron chi connectivity index (χ4n) is 7.08. The van der Waals surface area contributed by atoms with E-state index in [4.69, 9.17) is 23.8 Å². The van der Waals surface area contributed by atoms with Crippen molar-refractivity contribution in [2.75, 3.05) is 0 Å². The maximum atomic E-state index is 6.42. The van der Waals surface area contributed by atoms with Gasteiger partial charge in [0.05, 0.1) is 0 Å². The molecule has 234 valence electrons. The van der Waals surface area contributed by atoms with E-state index in [1.807, 2.05) is 97.1 Å². The van der Waals surface area contributed by atoms with Gasteiger partial charge in [0.1, 0.15) is 22.3 Å². The van der Waals surface area contributed by atoms with E-state index in [9.17, 15) is 0 Å². The molecule has 5 heteroatoms. The van der Waals surface area contributed by atoms with Gasteiger partial charge in [0.25, 0.3) is 0 Å². The second kappa shape index (κ2) is 11.4. The Labute approximate surface area is 287 Å². The molecule has 0 saturated carbocycles. The highest BCUT2D eigenvalue weighted by Crippen LogP contribution is 2.45. The van der Waals surface area contributed by atoms with Crippen LogP contribution in [0.25, 0.3) is 100 Å². The zero-order valence-electron chi connectivity index (χ0n) is 26.7. The summed E-state index contributed by atoms with van der Waals surface area (Å²) < 4.78 is 12.8. The Hall–Kier alpha value is -6.85. The topological polar surface area (TPSA) is 65.0 Å². The zero-order valence-corrected chi connectivity index (χ0v) is 26.7. The molecule has 5 nitrogen and oxygen atoms in total. The molecule has 10 rings (SSSR count). The minimum absolute atomic E-state index is 0.587. The molecule has 0 aliphatic heterocycles. The third-order valence-corrected chi connectivity index (χ3v) is 9.36. The maximum Gasteiger partial charge on any atom is 0.164 e. The standard InChI is InChI=1S/C45H27N3O2/c1-3-13-28(14-4-1)43-46-44(29-15-5-2-6-16-29)48-45(47-43)36-21-11-19-33(34-20-12-24-39-42(34)35-18-8-10-23-38(35)49-39)41(36)30-25-26-32-31-17-7-9-22-37(31)50-40(32)27-30/h1-27H. The molecule has 0 spiro atoms. The molecule has 50 heavy (non-hydrogen) atoms. The summed E-state index contributed by atoms with van der Waals surface area (Å²) in [6.07, 6.45) is 0. The summed E-state index contributed by atoms with van der Waals surface area (Å²) >= 11 is 0. The van der Waals surface area contributed by atoms with Crippen molar-refractivity contribution >= 4 is 43.9 Å². The first-order valence-corrected chi connectivity index (χ1v) is 16.6. The fraction of sp³-hybridized carbons (Fsp3) is 0. The molecule has 0 fully saturated rings. The predicted molar refractivity (Wildman–Crippen MR) is 202 cm³/mol. The number of aromatic nitrogens is 3. The quantitative estimate of drug-likeness (QED) is 0.187. The predicted octanol–water partition coefficient (Wildman–Crippen LogP) is 12.0. The molecule has 0 saturated heterocycles. The van der Waals surface area contributed by atoms with Crippen LogP contribution in [-0.4, -0.2) is 15.0 Å². The smallest absolute Gasteiger partial charge is 0.164 e. The van der Waals surface area contributed by atoms with Gasteiger partial charge in [-0.15, -0.1) is 0 Å². The van der Waals surface area contributed by atoms with Crippen molar-refractivity contribution in [1.82, 2.24) is 15.0 Å². The Balaban J connectivity index is 1.29. The molecule has 0 bridgehead atoms. The normalized spacial score (nSPS) is 11.6. The molecular weight excluding hydrogens is 615 g/mol. The minimum Gasteiger partial charge on any atom is -0.456 e. The lowest BCUT2D eigenvalue weighted by Gasteiger charge is -2.17. The van der Waals surface area contributed by atoms with Crippen molar-refractivity contribution in [2.24, 2.45) is 0 Å². The SMILES string of the molecule is c1ccc(-c2nc(-c3ccccc3)nc(-c3cccc(-c4cccc5oc6ccccc6c45)c3-c3ccc4c(c3)oc3ccccc34)n2)cc1. The molecule has 0 aliphatic rings. The van der Waals surface area contributed by atoms with E-state index >= 15 is 0 Å². The summed E-state index contributed by atoms with van der Waals surface area (Å²) in [4.78, 5) is 15.3. The van der Waals surface area contributed by atoms with E-state index in [1.54, 1.807) is 0 Å². The molecule has 0 atom stereocenters. The van der Waals surface area contributed by atoms with Crippen molar-refractivity contribution in [3.05, 3.63) is 164 Å². The molecule has 3 heterocycles. The number of hydrogen-bond acceptors (Lipinski definition) is 5. The fourth-order valence-corrected chi connectivity index (χ4v) is 7.08. The Morgan fingerprint density at radius 2 is 0.840 bits per heavy atom. The van der Waals surface area contributed by atoms with Crippen LogP contribution >= 0.6 is 0 Å². The molecular formula is C45H27N3O2. The largest absolute Gasteiger partial charge is 0.456 e. The molecule has 0 unspecified atom stereocenters. The molecule has 0 radical (unpaired) electrons. The van der Waals surface area contributed by atoms with E-state index < -0.39 is 0 Å². The van der Waals surface area contributed by atoms with Gasteiger partial charge in [0, 0.05) is 43.8 Å². The van der Waals surface area contributed by atoms with E-state index in [1.165, 1.54) is 0 Å². The van der Waals surface area contributed by atoms with Gasteiger partial charge >= 0.3 is 0 Å². The zero-order chi connectivity index (χ0) is 33.0. The van der Waals surface area contributed by atoms with E-state index in [0.29, 0.717) is 17.5 Å². The van der Waals surface area contributed by atoms with Gasteiger partial charge in [-0.05, 0) is 47.0 Å². The van der Waals surface area contributed by atoms with Gasteiger partial charge in [-0.1, -0.05) is 133 Å². The lowest BCUT2D eigenvalue weighted by molar-refractivity contribution is 0.668. The second-order valence-electron chi connectivity index (χ2n) is 12.4. The average Bonchev–Trinajstić information content (AvgIpc) is 3.76. The van der Waals surface area contributed by atoms with Gasteiger partial charge in [0.2, 0.25) is 0 Å². The lowest BCUT2D eigenvalue weighted by Crippen LogP contribution is -2.01. The molecule has 7 aromatic carbocycles. The van der Waals surface area contributed by atoms with Gasteiger partial charge in [-0.2, -0.15) is 0 Å². The molecule has 0 amide bonds. The summed E-state index contributed by atoms with van der Waals surface area (Å²) in [5.74, 6) is 1.81. The number of rotatable bonds is 5. The first-order chi connectivity index (χ1) is 24.8. The Morgan fingerprint density at radius 3 is 1.58 bits per heavy atom. The molecule has 10 aromatic rings. The van der Waals surface area contributed by atoms with Gasteiger partial charge < -0.3 is 8.83 Å². The van der Waals surface area contributed by atoms with E-state index in [2.05, 4.69) is 66.7 Å². The van der Waals surface area contributed by atoms with Crippen LogP contribution in [-0.2, 0) is 0 Å². The van der Waals surface area contributed by atoms with Gasteiger partial charge in [0.15, 0.2) is 17.5 Å². The Bertz CT molecular complexity index is 2810. The Morgan fingerprint density at radius 1 is 0.320 bits per heavy atom. The maximum absolute atomic E-state index is 6.42. The van der Waals surface area contributed by atoms with E-state index in [-0.39, 0.29) is 0 Å². The summed E-state index contributed by atoms with van der Waals surface area (Å²) in [6.45, 7) is 0. The van der Waals surface area contributed by atoms with Crippen molar-refractivity contribution in [3.8, 4) is 56.4 Å². The third-order valence-electron chi connectivity index (χ3n) is 9.36. The van der Waals surface area contributed by atoms with Crippen molar-refractivity contribution < 1.29 is 8.83 Å². The highest BCUT2D eigenvalue weighted by molar-refractivity contribution is 6.15. The number of furan rings is 2. The van der Waals surface area contributed by atoms with Gasteiger partial charge in [-0.25, -0.2) is 15.0 Å². The molecule has 3 aromatic heterocycles. The van der Waals surface area contributed by atoms with Crippen molar-refractivity contribution in [3.63, 3.8) is 0 Å². The molecule has 0 aliphatic carbocycles. The number of benzene rings is 7. The Kier molecular flexibility index (Phi) is 6.42. The summed E-state index contributed by atoms with van der Waals surface area (Å²) in [7, 11) is 0. The monoisotopic (exact) mass is 641 g/mol. The minimum atomic E-state index is 0.587. The van der Waals surface area contributed by atoms with Crippen LogP contribution in [0.1, 0.15) is 0 Å².